The number of nitrogens with zero attached hydrogens (tertiary/aromatic N) is 2. The molecule has 1 aromatic rings. The first-order valence-corrected chi connectivity index (χ1v) is 6.68. The first kappa shape index (κ1) is 15.6. The highest BCUT2D eigenvalue weighted by Gasteiger charge is 2.47. The number of anilines is 1. The van der Waals surface area contributed by atoms with Crippen LogP contribution in [-0.4, -0.2) is 29.1 Å². The maximum atomic E-state index is 12.7. The number of rotatable bonds is 3. The van der Waals surface area contributed by atoms with Gasteiger partial charge in [-0.3, -0.25) is 4.79 Å². The van der Waals surface area contributed by atoms with E-state index in [9.17, 15) is 23.1 Å². The van der Waals surface area contributed by atoms with Crippen molar-refractivity contribution in [2.24, 2.45) is 11.3 Å². The number of halogens is 3. The SMILES string of the molecule is CC(C)C1(C(=O)O)CCN(c2cc(C(F)(F)F)ccn2)C1. The Morgan fingerprint density at radius 2 is 2.14 bits per heavy atom. The summed E-state index contributed by atoms with van der Waals surface area (Å²) < 4.78 is 38.2. The molecule has 1 N–H and O–H groups in total. The van der Waals surface area contributed by atoms with Gasteiger partial charge < -0.3 is 10.0 Å². The van der Waals surface area contributed by atoms with Crippen LogP contribution < -0.4 is 4.90 Å². The fourth-order valence-corrected chi connectivity index (χ4v) is 2.69. The van der Waals surface area contributed by atoms with Crippen molar-refractivity contribution >= 4 is 11.8 Å². The van der Waals surface area contributed by atoms with Crippen molar-refractivity contribution in [3.63, 3.8) is 0 Å². The van der Waals surface area contributed by atoms with E-state index in [4.69, 9.17) is 0 Å². The number of hydrogen-bond acceptors (Lipinski definition) is 3. The van der Waals surface area contributed by atoms with Crippen LogP contribution in [0, 0.1) is 11.3 Å². The summed E-state index contributed by atoms with van der Waals surface area (Å²) in [6.45, 7) is 4.20. The van der Waals surface area contributed by atoms with Gasteiger partial charge in [-0.05, 0) is 24.5 Å². The summed E-state index contributed by atoms with van der Waals surface area (Å²) in [7, 11) is 0. The van der Waals surface area contributed by atoms with Gasteiger partial charge in [0.1, 0.15) is 5.82 Å². The average molecular weight is 302 g/mol. The molecule has 0 aromatic carbocycles. The molecular weight excluding hydrogens is 285 g/mol. The Hall–Kier alpha value is -1.79. The van der Waals surface area contributed by atoms with Crippen LogP contribution in [0.4, 0.5) is 19.0 Å². The van der Waals surface area contributed by atoms with Crippen molar-refractivity contribution in [2.75, 3.05) is 18.0 Å². The van der Waals surface area contributed by atoms with E-state index in [0.29, 0.717) is 13.0 Å². The van der Waals surface area contributed by atoms with Gasteiger partial charge in [-0.25, -0.2) is 4.98 Å². The molecule has 1 aliphatic heterocycles. The van der Waals surface area contributed by atoms with E-state index < -0.39 is 23.1 Å². The average Bonchev–Trinajstić information content (AvgIpc) is 2.84. The maximum Gasteiger partial charge on any atom is 0.416 e. The molecule has 0 amide bonds. The summed E-state index contributed by atoms with van der Waals surface area (Å²) in [4.78, 5) is 17.1. The number of carboxylic acids is 1. The van der Waals surface area contributed by atoms with Crippen molar-refractivity contribution in [1.82, 2.24) is 4.98 Å². The zero-order valence-electron chi connectivity index (χ0n) is 11.8. The van der Waals surface area contributed by atoms with Crippen molar-refractivity contribution in [3.05, 3.63) is 23.9 Å². The molecule has 2 heterocycles. The van der Waals surface area contributed by atoms with Crippen LogP contribution in [0.1, 0.15) is 25.8 Å². The molecule has 116 valence electrons. The Balaban J connectivity index is 2.28. The van der Waals surface area contributed by atoms with E-state index >= 15 is 0 Å². The zero-order valence-corrected chi connectivity index (χ0v) is 11.8. The Morgan fingerprint density at radius 3 is 2.62 bits per heavy atom. The molecule has 0 radical (unpaired) electrons. The number of aromatic nitrogens is 1. The van der Waals surface area contributed by atoms with Crippen molar-refractivity contribution in [1.29, 1.82) is 0 Å². The fourth-order valence-electron chi connectivity index (χ4n) is 2.69. The van der Waals surface area contributed by atoms with E-state index in [-0.39, 0.29) is 18.3 Å². The first-order valence-electron chi connectivity index (χ1n) is 6.68. The van der Waals surface area contributed by atoms with Gasteiger partial charge in [0, 0.05) is 19.3 Å². The highest BCUT2D eigenvalue weighted by Crippen LogP contribution is 2.40. The second-order valence-electron chi connectivity index (χ2n) is 5.69. The number of aliphatic carboxylic acids is 1. The smallest absolute Gasteiger partial charge is 0.416 e. The van der Waals surface area contributed by atoms with Gasteiger partial charge in [0.2, 0.25) is 0 Å². The Kier molecular flexibility index (Phi) is 3.86. The minimum absolute atomic E-state index is 0.106. The number of pyridine rings is 1. The second kappa shape index (κ2) is 5.20. The lowest BCUT2D eigenvalue weighted by Gasteiger charge is -2.29. The third-order valence-electron chi connectivity index (χ3n) is 4.23. The van der Waals surface area contributed by atoms with Gasteiger partial charge >= 0.3 is 12.1 Å². The van der Waals surface area contributed by atoms with Crippen LogP contribution in [-0.2, 0) is 11.0 Å². The van der Waals surface area contributed by atoms with Gasteiger partial charge in [-0.15, -0.1) is 0 Å². The summed E-state index contributed by atoms with van der Waals surface area (Å²) >= 11 is 0. The van der Waals surface area contributed by atoms with Crippen LogP contribution >= 0.6 is 0 Å². The van der Waals surface area contributed by atoms with Gasteiger partial charge in [0.15, 0.2) is 0 Å². The molecule has 1 unspecified atom stereocenters. The molecule has 1 aromatic heterocycles. The van der Waals surface area contributed by atoms with Crippen molar-refractivity contribution in [2.45, 2.75) is 26.4 Å². The molecule has 0 spiro atoms. The Morgan fingerprint density at radius 1 is 1.48 bits per heavy atom. The molecule has 2 rings (SSSR count). The molecule has 4 nitrogen and oxygen atoms in total. The third kappa shape index (κ3) is 2.82. The molecular formula is C14H17F3N2O2. The molecule has 7 heteroatoms. The standard InChI is InChI=1S/C14H17F3N2O2/c1-9(2)13(12(20)21)4-6-19(8-13)11-7-10(3-5-18-11)14(15,16)17/h3,5,7,9H,4,6,8H2,1-2H3,(H,20,21). The minimum atomic E-state index is -4.43. The monoisotopic (exact) mass is 302 g/mol. The maximum absolute atomic E-state index is 12.7. The van der Waals surface area contributed by atoms with Crippen LogP contribution in [0.2, 0.25) is 0 Å². The largest absolute Gasteiger partial charge is 0.481 e. The van der Waals surface area contributed by atoms with E-state index in [0.717, 1.165) is 18.3 Å². The molecule has 0 bridgehead atoms. The normalized spacial score (nSPS) is 22.9. The molecule has 0 aliphatic carbocycles. The summed E-state index contributed by atoms with van der Waals surface area (Å²) in [5.74, 6) is -0.841. The zero-order chi connectivity index (χ0) is 15.8. The van der Waals surface area contributed by atoms with E-state index in [1.54, 1.807) is 4.90 Å². The van der Waals surface area contributed by atoms with Crippen LogP contribution in [0.15, 0.2) is 18.3 Å². The number of carbonyl (C=O) groups is 1. The molecule has 1 saturated heterocycles. The van der Waals surface area contributed by atoms with Crippen LogP contribution in [0.5, 0.6) is 0 Å². The molecule has 1 atom stereocenters. The lowest BCUT2D eigenvalue weighted by molar-refractivity contribution is -0.150. The third-order valence-corrected chi connectivity index (χ3v) is 4.23. The molecule has 1 fully saturated rings. The van der Waals surface area contributed by atoms with Gasteiger partial charge in [0.25, 0.3) is 0 Å². The first-order chi connectivity index (χ1) is 9.67. The molecule has 0 saturated carbocycles. The van der Waals surface area contributed by atoms with E-state index in [1.807, 2.05) is 13.8 Å². The number of alkyl halides is 3. The highest BCUT2D eigenvalue weighted by atomic mass is 19.4. The second-order valence-corrected chi connectivity index (χ2v) is 5.69. The van der Waals surface area contributed by atoms with E-state index in [1.165, 1.54) is 0 Å². The van der Waals surface area contributed by atoms with E-state index in [2.05, 4.69) is 4.98 Å². The lowest BCUT2D eigenvalue weighted by atomic mass is 9.76. The van der Waals surface area contributed by atoms with Crippen molar-refractivity contribution < 1.29 is 23.1 Å². The topological polar surface area (TPSA) is 53.4 Å². The van der Waals surface area contributed by atoms with Gasteiger partial charge in [0.05, 0.1) is 11.0 Å². The highest BCUT2D eigenvalue weighted by molar-refractivity contribution is 5.77. The van der Waals surface area contributed by atoms with Crippen molar-refractivity contribution in [3.8, 4) is 0 Å². The predicted octanol–water partition coefficient (Wildman–Crippen LogP) is 3.04. The molecule has 21 heavy (non-hydrogen) atoms. The van der Waals surface area contributed by atoms with Gasteiger partial charge in [-0.1, -0.05) is 13.8 Å². The number of hydrogen-bond donors (Lipinski definition) is 1. The summed E-state index contributed by atoms with van der Waals surface area (Å²) in [6, 6.07) is 1.88. The summed E-state index contributed by atoms with van der Waals surface area (Å²) in [5, 5.41) is 9.46. The molecule has 1 aliphatic rings. The Bertz CT molecular complexity index is 545. The fraction of sp³-hybridized carbons (Fsp3) is 0.571. The minimum Gasteiger partial charge on any atom is -0.481 e. The van der Waals surface area contributed by atoms with Gasteiger partial charge in [-0.2, -0.15) is 13.2 Å². The quantitative estimate of drug-likeness (QED) is 0.932. The number of carboxylic acid groups (broad SMARTS) is 1. The predicted molar refractivity (Wildman–Crippen MR) is 71.0 cm³/mol. The van der Waals surface area contributed by atoms with Crippen LogP contribution in [0.25, 0.3) is 0 Å². The lowest BCUT2D eigenvalue weighted by Crippen LogP contribution is -2.39. The Labute approximate surface area is 120 Å². The van der Waals surface area contributed by atoms with Crippen LogP contribution in [0.3, 0.4) is 0 Å². The summed E-state index contributed by atoms with van der Waals surface area (Å²) in [6.07, 6.45) is -2.93. The summed E-state index contributed by atoms with van der Waals surface area (Å²) in [5.41, 5.74) is -1.71.